The molecule has 86 valence electrons. The Bertz CT molecular complexity index is 529. The molecule has 0 amide bonds. The standard InChI is InChI=1S/C11H14N2O3/c1-13(5-2-6-14)8-3-4-10-9(7-8)12-11(15)16-10/h3-4,7,14H,2,5-6H2,1H3,(H,12,15). The largest absolute Gasteiger partial charge is 0.417 e. The zero-order valence-corrected chi connectivity index (χ0v) is 9.06. The summed E-state index contributed by atoms with van der Waals surface area (Å²) >= 11 is 0. The average Bonchev–Trinajstić information content (AvgIpc) is 2.64. The van der Waals surface area contributed by atoms with E-state index in [1.165, 1.54) is 0 Å². The van der Waals surface area contributed by atoms with Gasteiger partial charge >= 0.3 is 5.76 Å². The van der Waals surface area contributed by atoms with Gasteiger partial charge in [-0.1, -0.05) is 0 Å². The number of aliphatic hydroxyl groups excluding tert-OH is 1. The predicted molar refractivity (Wildman–Crippen MR) is 61.8 cm³/mol. The van der Waals surface area contributed by atoms with E-state index in [1.54, 1.807) is 6.07 Å². The zero-order valence-electron chi connectivity index (χ0n) is 9.06. The highest BCUT2D eigenvalue weighted by molar-refractivity contribution is 5.77. The quantitative estimate of drug-likeness (QED) is 0.807. The molecule has 0 saturated heterocycles. The number of anilines is 1. The second-order valence-electron chi connectivity index (χ2n) is 3.69. The number of nitrogens with one attached hydrogen (secondary N) is 1. The van der Waals surface area contributed by atoms with E-state index in [9.17, 15) is 4.79 Å². The van der Waals surface area contributed by atoms with Crippen LogP contribution in [0.5, 0.6) is 0 Å². The molecule has 1 heterocycles. The molecule has 5 nitrogen and oxygen atoms in total. The van der Waals surface area contributed by atoms with Crippen molar-refractivity contribution in [3.05, 3.63) is 28.7 Å². The lowest BCUT2D eigenvalue weighted by Gasteiger charge is -2.18. The van der Waals surface area contributed by atoms with Gasteiger partial charge < -0.3 is 14.4 Å². The van der Waals surface area contributed by atoms with Crippen LogP contribution in [0, 0.1) is 0 Å². The number of benzene rings is 1. The maximum Gasteiger partial charge on any atom is 0.417 e. The van der Waals surface area contributed by atoms with Crippen LogP contribution in [0.2, 0.25) is 0 Å². The van der Waals surface area contributed by atoms with Crippen molar-refractivity contribution in [1.82, 2.24) is 4.98 Å². The third kappa shape index (κ3) is 2.09. The summed E-state index contributed by atoms with van der Waals surface area (Å²) in [5, 5.41) is 8.75. The third-order valence-corrected chi connectivity index (χ3v) is 2.49. The molecule has 0 atom stereocenters. The van der Waals surface area contributed by atoms with Gasteiger partial charge in [0.2, 0.25) is 0 Å². The van der Waals surface area contributed by atoms with Crippen molar-refractivity contribution in [2.24, 2.45) is 0 Å². The molecule has 0 aliphatic rings. The average molecular weight is 222 g/mol. The van der Waals surface area contributed by atoms with Crippen LogP contribution in [0.1, 0.15) is 6.42 Å². The highest BCUT2D eigenvalue weighted by atomic mass is 16.4. The summed E-state index contributed by atoms with van der Waals surface area (Å²) in [6, 6.07) is 5.51. The number of aromatic nitrogens is 1. The zero-order chi connectivity index (χ0) is 11.5. The SMILES string of the molecule is CN(CCCO)c1ccc2oc(=O)[nH]c2c1. The van der Waals surface area contributed by atoms with Crippen LogP contribution < -0.4 is 10.7 Å². The van der Waals surface area contributed by atoms with Gasteiger partial charge in [0.25, 0.3) is 0 Å². The van der Waals surface area contributed by atoms with Gasteiger partial charge in [-0.05, 0) is 24.6 Å². The number of hydrogen-bond donors (Lipinski definition) is 2. The minimum absolute atomic E-state index is 0.176. The Hall–Kier alpha value is -1.75. The van der Waals surface area contributed by atoms with Crippen LogP contribution in [0.15, 0.2) is 27.4 Å². The third-order valence-electron chi connectivity index (χ3n) is 2.49. The summed E-state index contributed by atoms with van der Waals surface area (Å²) in [7, 11) is 1.94. The number of nitrogens with zero attached hydrogens (tertiary/aromatic N) is 1. The van der Waals surface area contributed by atoms with Crippen LogP contribution in [-0.4, -0.2) is 30.3 Å². The molecule has 0 bridgehead atoms. The van der Waals surface area contributed by atoms with E-state index in [0.717, 1.165) is 18.7 Å². The number of fused-ring (bicyclic) bond motifs is 1. The van der Waals surface area contributed by atoms with Gasteiger partial charge in [0, 0.05) is 25.9 Å². The molecule has 0 aliphatic heterocycles. The van der Waals surface area contributed by atoms with Gasteiger partial charge in [0.05, 0.1) is 5.52 Å². The van der Waals surface area contributed by atoms with E-state index in [2.05, 4.69) is 4.98 Å². The molecule has 0 fully saturated rings. The molecule has 5 heteroatoms. The van der Waals surface area contributed by atoms with Gasteiger partial charge in [-0.15, -0.1) is 0 Å². The molecule has 2 N–H and O–H groups in total. The fourth-order valence-electron chi connectivity index (χ4n) is 1.61. The first-order valence-corrected chi connectivity index (χ1v) is 5.15. The van der Waals surface area contributed by atoms with E-state index in [4.69, 9.17) is 9.52 Å². The van der Waals surface area contributed by atoms with E-state index in [0.29, 0.717) is 11.1 Å². The molecule has 0 unspecified atom stereocenters. The Kier molecular flexibility index (Phi) is 2.96. The summed E-state index contributed by atoms with van der Waals surface area (Å²) in [6.07, 6.45) is 0.719. The van der Waals surface area contributed by atoms with Crippen LogP contribution in [-0.2, 0) is 0 Å². The van der Waals surface area contributed by atoms with Gasteiger partial charge in [0.15, 0.2) is 5.58 Å². The maximum absolute atomic E-state index is 11.0. The Morgan fingerprint density at radius 3 is 3.06 bits per heavy atom. The minimum atomic E-state index is -0.440. The first kappa shape index (κ1) is 10.8. The number of aliphatic hydroxyl groups is 1. The van der Waals surface area contributed by atoms with E-state index >= 15 is 0 Å². The van der Waals surface area contributed by atoms with Gasteiger partial charge in [0.1, 0.15) is 0 Å². The van der Waals surface area contributed by atoms with Gasteiger partial charge in [-0.25, -0.2) is 4.79 Å². The molecule has 2 rings (SSSR count). The molecule has 1 aromatic carbocycles. The van der Waals surface area contributed by atoms with Crippen LogP contribution in [0.25, 0.3) is 11.1 Å². The molecule has 0 spiro atoms. The van der Waals surface area contributed by atoms with E-state index in [1.807, 2.05) is 24.1 Å². The lowest BCUT2D eigenvalue weighted by molar-refractivity contribution is 0.290. The molecule has 0 aliphatic carbocycles. The van der Waals surface area contributed by atoms with Crippen molar-refractivity contribution < 1.29 is 9.52 Å². The van der Waals surface area contributed by atoms with Crippen molar-refractivity contribution in [1.29, 1.82) is 0 Å². The summed E-state index contributed by atoms with van der Waals surface area (Å²) < 4.78 is 4.91. The number of rotatable bonds is 4. The lowest BCUT2D eigenvalue weighted by atomic mass is 10.2. The Balaban J connectivity index is 2.27. The topological polar surface area (TPSA) is 69.5 Å². The summed E-state index contributed by atoms with van der Waals surface area (Å²) in [6.45, 7) is 0.944. The molecular formula is C11H14N2O3. The molecule has 16 heavy (non-hydrogen) atoms. The molecule has 1 aromatic heterocycles. The van der Waals surface area contributed by atoms with Crippen LogP contribution in [0.3, 0.4) is 0 Å². The van der Waals surface area contributed by atoms with Crippen LogP contribution >= 0.6 is 0 Å². The molecule has 0 radical (unpaired) electrons. The molecule has 2 aromatic rings. The van der Waals surface area contributed by atoms with Crippen molar-refractivity contribution >= 4 is 16.8 Å². The normalized spacial score (nSPS) is 10.9. The predicted octanol–water partition coefficient (Wildman–Crippen LogP) is 0.940. The van der Waals surface area contributed by atoms with E-state index < -0.39 is 5.76 Å². The van der Waals surface area contributed by atoms with Crippen molar-refractivity contribution in [3.8, 4) is 0 Å². The first-order valence-electron chi connectivity index (χ1n) is 5.15. The second-order valence-corrected chi connectivity index (χ2v) is 3.69. The lowest BCUT2D eigenvalue weighted by Crippen LogP contribution is -2.19. The fourth-order valence-corrected chi connectivity index (χ4v) is 1.61. The van der Waals surface area contributed by atoms with Gasteiger partial charge in [-0.3, -0.25) is 4.98 Å². The Morgan fingerprint density at radius 1 is 1.50 bits per heavy atom. The van der Waals surface area contributed by atoms with Crippen molar-refractivity contribution in [2.75, 3.05) is 25.1 Å². The monoisotopic (exact) mass is 222 g/mol. The minimum Gasteiger partial charge on any atom is -0.408 e. The number of oxazole rings is 1. The highest BCUT2D eigenvalue weighted by Crippen LogP contribution is 2.19. The number of hydrogen-bond acceptors (Lipinski definition) is 4. The summed E-state index contributed by atoms with van der Waals surface area (Å²) in [4.78, 5) is 15.6. The maximum atomic E-state index is 11.0. The highest BCUT2D eigenvalue weighted by Gasteiger charge is 2.05. The fraction of sp³-hybridized carbons (Fsp3) is 0.364. The number of H-pyrrole nitrogens is 1. The van der Waals surface area contributed by atoms with Crippen LogP contribution in [0.4, 0.5) is 5.69 Å². The summed E-state index contributed by atoms with van der Waals surface area (Å²) in [5.74, 6) is -0.440. The second kappa shape index (κ2) is 4.40. The van der Waals surface area contributed by atoms with Gasteiger partial charge in [-0.2, -0.15) is 0 Å². The number of aromatic amines is 1. The van der Waals surface area contributed by atoms with Crippen molar-refractivity contribution in [2.45, 2.75) is 6.42 Å². The van der Waals surface area contributed by atoms with Crippen molar-refractivity contribution in [3.63, 3.8) is 0 Å². The molecular weight excluding hydrogens is 208 g/mol. The summed E-state index contributed by atoms with van der Waals surface area (Å²) in [5.41, 5.74) is 2.24. The molecule has 0 saturated carbocycles. The Morgan fingerprint density at radius 2 is 2.31 bits per heavy atom. The first-order chi connectivity index (χ1) is 7.70. The van der Waals surface area contributed by atoms with E-state index in [-0.39, 0.29) is 6.61 Å². The smallest absolute Gasteiger partial charge is 0.408 e. The Labute approximate surface area is 92.3 Å².